The zero-order valence-electron chi connectivity index (χ0n) is 19.3. The highest BCUT2D eigenvalue weighted by molar-refractivity contribution is 7.13. The number of hydrogen-bond acceptors (Lipinski definition) is 5. The van der Waals surface area contributed by atoms with Gasteiger partial charge in [0.05, 0.1) is 16.1 Å². The second-order valence-corrected chi connectivity index (χ2v) is 10.5. The molecule has 1 aromatic carbocycles. The molecule has 8 heteroatoms. The molecule has 2 N–H and O–H groups in total. The summed E-state index contributed by atoms with van der Waals surface area (Å²) in [5.74, 6) is -0.157. The van der Waals surface area contributed by atoms with Crippen LogP contribution < -0.4 is 10.6 Å². The van der Waals surface area contributed by atoms with Crippen molar-refractivity contribution in [3.63, 3.8) is 0 Å². The van der Waals surface area contributed by atoms with Crippen molar-refractivity contribution in [2.24, 2.45) is 11.3 Å². The SMILES string of the molecule is Cc1ncsc1-c1ccc(CNC(=O)[C@@H]2CC(C)CN2C(=O)[C@@H](NC=O)C(C)(C)C)cc1. The molecule has 0 radical (unpaired) electrons. The summed E-state index contributed by atoms with van der Waals surface area (Å²) in [4.78, 5) is 44.4. The van der Waals surface area contributed by atoms with Crippen molar-refractivity contribution in [3.8, 4) is 10.4 Å². The minimum absolute atomic E-state index is 0.163. The maximum Gasteiger partial charge on any atom is 0.246 e. The Labute approximate surface area is 193 Å². The smallest absolute Gasteiger partial charge is 0.246 e. The topological polar surface area (TPSA) is 91.4 Å². The number of aromatic nitrogens is 1. The molecule has 0 bridgehead atoms. The first kappa shape index (κ1) is 23.9. The summed E-state index contributed by atoms with van der Waals surface area (Å²) in [6, 6.07) is 6.86. The van der Waals surface area contributed by atoms with Gasteiger partial charge in [0, 0.05) is 13.1 Å². The van der Waals surface area contributed by atoms with E-state index in [1.165, 1.54) is 0 Å². The molecule has 0 aliphatic carbocycles. The molecule has 1 saturated heterocycles. The van der Waals surface area contributed by atoms with Gasteiger partial charge in [-0.25, -0.2) is 4.98 Å². The Morgan fingerprint density at radius 3 is 2.53 bits per heavy atom. The van der Waals surface area contributed by atoms with Crippen molar-refractivity contribution < 1.29 is 14.4 Å². The molecule has 32 heavy (non-hydrogen) atoms. The Bertz CT molecular complexity index is 964. The van der Waals surface area contributed by atoms with Crippen LogP contribution in [0.2, 0.25) is 0 Å². The largest absolute Gasteiger partial charge is 0.350 e. The molecule has 2 aromatic rings. The van der Waals surface area contributed by atoms with Crippen molar-refractivity contribution in [1.29, 1.82) is 0 Å². The summed E-state index contributed by atoms with van der Waals surface area (Å²) in [5, 5.41) is 5.63. The number of carbonyl (C=O) groups is 3. The molecule has 1 fully saturated rings. The maximum atomic E-state index is 13.2. The lowest BCUT2D eigenvalue weighted by Crippen LogP contribution is -2.56. The van der Waals surface area contributed by atoms with Crippen molar-refractivity contribution in [3.05, 3.63) is 41.0 Å². The maximum absolute atomic E-state index is 13.2. The number of amides is 3. The first-order valence-corrected chi connectivity index (χ1v) is 11.8. The van der Waals surface area contributed by atoms with Crippen LogP contribution in [0.5, 0.6) is 0 Å². The molecular formula is C24H32N4O3S. The first-order valence-electron chi connectivity index (χ1n) is 10.9. The van der Waals surface area contributed by atoms with E-state index >= 15 is 0 Å². The number of thiazole rings is 1. The van der Waals surface area contributed by atoms with Crippen LogP contribution in [-0.4, -0.2) is 46.7 Å². The van der Waals surface area contributed by atoms with E-state index in [2.05, 4.69) is 15.6 Å². The fraction of sp³-hybridized carbons (Fsp3) is 0.500. The number of likely N-dealkylation sites (tertiary alicyclic amines) is 1. The van der Waals surface area contributed by atoms with Crippen LogP contribution in [-0.2, 0) is 20.9 Å². The highest BCUT2D eigenvalue weighted by atomic mass is 32.1. The number of carbonyl (C=O) groups excluding carboxylic acids is 3. The monoisotopic (exact) mass is 456 g/mol. The minimum atomic E-state index is -0.677. The predicted molar refractivity (Wildman–Crippen MR) is 126 cm³/mol. The van der Waals surface area contributed by atoms with E-state index in [1.807, 2.05) is 64.4 Å². The Morgan fingerprint density at radius 2 is 1.97 bits per heavy atom. The summed E-state index contributed by atoms with van der Waals surface area (Å²) in [7, 11) is 0. The van der Waals surface area contributed by atoms with Gasteiger partial charge in [0.15, 0.2) is 0 Å². The van der Waals surface area contributed by atoms with Crippen LogP contribution in [0, 0.1) is 18.3 Å². The van der Waals surface area contributed by atoms with E-state index in [0.717, 1.165) is 21.7 Å². The lowest BCUT2D eigenvalue weighted by Gasteiger charge is -2.34. The number of nitrogens with one attached hydrogen (secondary N) is 2. The standard InChI is InChI=1S/C24H32N4O3S/c1-15-10-19(28(12-15)23(31)21(26-13-29)24(3,4)5)22(30)25-11-17-6-8-18(9-7-17)20-16(2)27-14-32-20/h6-9,13-15,19,21H,10-12H2,1-5H3,(H,25,30)(H,26,29)/t15?,19-,21+/m0/s1. The number of hydrogen-bond donors (Lipinski definition) is 2. The first-order chi connectivity index (χ1) is 15.1. The zero-order valence-corrected chi connectivity index (χ0v) is 20.2. The van der Waals surface area contributed by atoms with Crippen molar-refractivity contribution in [1.82, 2.24) is 20.5 Å². The molecule has 2 heterocycles. The van der Waals surface area contributed by atoms with Gasteiger partial charge in [-0.05, 0) is 35.8 Å². The molecular weight excluding hydrogens is 424 g/mol. The van der Waals surface area contributed by atoms with Crippen LogP contribution in [0.25, 0.3) is 10.4 Å². The predicted octanol–water partition coefficient (Wildman–Crippen LogP) is 3.13. The number of rotatable bonds is 7. The van der Waals surface area contributed by atoms with Gasteiger partial charge < -0.3 is 15.5 Å². The van der Waals surface area contributed by atoms with Crippen molar-refractivity contribution >= 4 is 29.6 Å². The summed E-state index contributed by atoms with van der Waals surface area (Å²) in [5.41, 5.74) is 4.49. The second-order valence-electron chi connectivity index (χ2n) is 9.61. The van der Waals surface area contributed by atoms with Gasteiger partial charge in [0.2, 0.25) is 18.2 Å². The van der Waals surface area contributed by atoms with Crippen LogP contribution in [0.1, 0.15) is 45.4 Å². The fourth-order valence-corrected chi connectivity index (χ4v) is 4.94. The summed E-state index contributed by atoms with van der Waals surface area (Å²) >= 11 is 1.61. The number of benzene rings is 1. The third-order valence-corrected chi connectivity index (χ3v) is 6.85. The van der Waals surface area contributed by atoms with Gasteiger partial charge in [-0.1, -0.05) is 52.0 Å². The molecule has 1 aromatic heterocycles. The highest BCUT2D eigenvalue weighted by Gasteiger charge is 2.43. The normalized spacial score (nSPS) is 19.5. The Kier molecular flexibility index (Phi) is 7.33. The van der Waals surface area contributed by atoms with Gasteiger partial charge in [-0.2, -0.15) is 0 Å². The highest BCUT2D eigenvalue weighted by Crippen LogP contribution is 2.29. The number of aryl methyl sites for hydroxylation is 1. The molecule has 7 nitrogen and oxygen atoms in total. The summed E-state index contributed by atoms with van der Waals surface area (Å²) in [6.07, 6.45) is 1.17. The van der Waals surface area contributed by atoms with E-state index < -0.39 is 17.5 Å². The molecule has 0 saturated carbocycles. The third kappa shape index (κ3) is 5.35. The van der Waals surface area contributed by atoms with E-state index in [4.69, 9.17) is 0 Å². The van der Waals surface area contributed by atoms with E-state index in [0.29, 0.717) is 25.9 Å². The third-order valence-electron chi connectivity index (χ3n) is 5.87. The van der Waals surface area contributed by atoms with Gasteiger partial charge in [0.1, 0.15) is 12.1 Å². The van der Waals surface area contributed by atoms with Crippen LogP contribution >= 0.6 is 11.3 Å². The average molecular weight is 457 g/mol. The Hall–Kier alpha value is -2.74. The minimum Gasteiger partial charge on any atom is -0.350 e. The summed E-state index contributed by atoms with van der Waals surface area (Å²) < 4.78 is 0. The lowest BCUT2D eigenvalue weighted by atomic mass is 9.85. The van der Waals surface area contributed by atoms with Gasteiger partial charge in [-0.15, -0.1) is 11.3 Å². The Morgan fingerprint density at radius 1 is 1.28 bits per heavy atom. The van der Waals surface area contributed by atoms with E-state index in [9.17, 15) is 14.4 Å². The molecule has 3 atom stereocenters. The van der Waals surface area contributed by atoms with Crippen molar-refractivity contribution in [2.45, 2.75) is 59.7 Å². The number of nitrogens with zero attached hydrogens (tertiary/aromatic N) is 2. The Balaban J connectivity index is 1.66. The fourth-order valence-electron chi connectivity index (χ4n) is 4.12. The molecule has 1 unspecified atom stereocenters. The van der Waals surface area contributed by atoms with E-state index in [1.54, 1.807) is 16.2 Å². The average Bonchev–Trinajstić information content (AvgIpc) is 3.35. The zero-order chi connectivity index (χ0) is 23.5. The quantitative estimate of drug-likeness (QED) is 0.626. The molecule has 172 valence electrons. The summed E-state index contributed by atoms with van der Waals surface area (Å²) in [6.45, 7) is 10.6. The van der Waals surface area contributed by atoms with Crippen LogP contribution in [0.4, 0.5) is 0 Å². The second kappa shape index (κ2) is 9.81. The van der Waals surface area contributed by atoms with Gasteiger partial charge in [0.25, 0.3) is 0 Å². The molecule has 1 aliphatic rings. The molecule has 0 spiro atoms. The molecule has 3 amide bonds. The van der Waals surface area contributed by atoms with Crippen molar-refractivity contribution in [2.75, 3.05) is 6.54 Å². The van der Waals surface area contributed by atoms with Gasteiger partial charge in [-0.3, -0.25) is 14.4 Å². The van der Waals surface area contributed by atoms with Crippen LogP contribution in [0.15, 0.2) is 29.8 Å². The molecule has 1 aliphatic heterocycles. The van der Waals surface area contributed by atoms with Crippen LogP contribution in [0.3, 0.4) is 0 Å². The lowest BCUT2D eigenvalue weighted by molar-refractivity contribution is -0.143. The van der Waals surface area contributed by atoms with E-state index in [-0.39, 0.29) is 17.7 Å². The molecule has 3 rings (SSSR count). The van der Waals surface area contributed by atoms with Gasteiger partial charge >= 0.3 is 0 Å².